The second-order valence-corrected chi connectivity index (χ2v) is 6.31. The summed E-state index contributed by atoms with van der Waals surface area (Å²) in [5.41, 5.74) is 1.11. The third-order valence-corrected chi connectivity index (χ3v) is 3.81. The number of hydrogen-bond acceptors (Lipinski definition) is 3. The molecule has 3 nitrogen and oxygen atoms in total. The molecule has 0 radical (unpaired) electrons. The van der Waals surface area contributed by atoms with Crippen LogP contribution in [0.15, 0.2) is 39.4 Å². The van der Waals surface area contributed by atoms with E-state index >= 15 is 0 Å². The molecule has 0 saturated heterocycles. The summed E-state index contributed by atoms with van der Waals surface area (Å²) >= 11 is 6.86. The predicted molar refractivity (Wildman–Crippen MR) is 80.2 cm³/mol. The van der Waals surface area contributed by atoms with Crippen molar-refractivity contribution in [3.8, 4) is 5.88 Å². The van der Waals surface area contributed by atoms with E-state index < -0.39 is 0 Å². The monoisotopic (exact) mass is 382 g/mol. The third kappa shape index (κ3) is 3.54. The first-order valence-electron chi connectivity index (χ1n) is 6.12. The van der Waals surface area contributed by atoms with Crippen LogP contribution in [0.1, 0.15) is 30.1 Å². The number of rotatable bonds is 4. The van der Waals surface area contributed by atoms with Gasteiger partial charge in [-0.25, -0.2) is 4.98 Å². The van der Waals surface area contributed by atoms with E-state index in [-0.39, 0.29) is 0 Å². The molecule has 98 valence electrons. The van der Waals surface area contributed by atoms with Crippen LogP contribution in [-0.4, -0.2) is 9.97 Å². The lowest BCUT2D eigenvalue weighted by Gasteiger charge is -2.07. The lowest BCUT2D eigenvalue weighted by atomic mass is 10.2. The van der Waals surface area contributed by atoms with Gasteiger partial charge in [-0.3, -0.25) is 0 Å². The van der Waals surface area contributed by atoms with Gasteiger partial charge in [-0.2, -0.15) is 4.98 Å². The average molecular weight is 384 g/mol. The van der Waals surface area contributed by atoms with Crippen molar-refractivity contribution in [2.24, 2.45) is 0 Å². The van der Waals surface area contributed by atoms with Gasteiger partial charge in [0, 0.05) is 16.5 Å². The molecule has 1 heterocycles. The van der Waals surface area contributed by atoms with E-state index in [9.17, 15) is 0 Å². The van der Waals surface area contributed by atoms with E-state index in [1.54, 1.807) is 0 Å². The molecular weight excluding hydrogens is 372 g/mol. The molecule has 1 fully saturated rings. The van der Waals surface area contributed by atoms with Gasteiger partial charge in [-0.15, -0.1) is 0 Å². The van der Waals surface area contributed by atoms with Crippen molar-refractivity contribution in [3.63, 3.8) is 0 Å². The molecule has 0 N–H and O–H groups in total. The maximum absolute atomic E-state index is 5.74. The molecule has 0 spiro atoms. The molecule has 1 aromatic heterocycles. The van der Waals surface area contributed by atoms with E-state index in [2.05, 4.69) is 41.8 Å². The highest BCUT2D eigenvalue weighted by Crippen LogP contribution is 2.39. The summed E-state index contributed by atoms with van der Waals surface area (Å²) in [6.07, 6.45) is 2.36. The molecule has 1 aliphatic rings. The molecule has 5 heteroatoms. The van der Waals surface area contributed by atoms with Crippen LogP contribution >= 0.6 is 31.9 Å². The van der Waals surface area contributed by atoms with Crippen molar-refractivity contribution in [1.29, 1.82) is 0 Å². The van der Waals surface area contributed by atoms with E-state index in [0.29, 0.717) is 18.4 Å². The molecule has 0 amide bonds. The first-order chi connectivity index (χ1) is 9.20. The Morgan fingerprint density at radius 1 is 1.16 bits per heavy atom. The Balaban J connectivity index is 1.72. The van der Waals surface area contributed by atoms with Gasteiger partial charge in [0.1, 0.15) is 17.0 Å². The minimum Gasteiger partial charge on any atom is -0.473 e. The number of benzene rings is 1. The van der Waals surface area contributed by atoms with Gasteiger partial charge in [-0.05, 0) is 46.5 Å². The molecule has 0 bridgehead atoms. The Labute approximate surface area is 128 Å². The van der Waals surface area contributed by atoms with E-state index in [0.717, 1.165) is 20.5 Å². The van der Waals surface area contributed by atoms with Crippen LogP contribution in [0, 0.1) is 0 Å². The minimum absolute atomic E-state index is 0.507. The topological polar surface area (TPSA) is 35.0 Å². The normalized spacial score (nSPS) is 14.4. The SMILES string of the molecule is Brc1cccc(COc2cc(Br)nc(C3CC3)n2)c1. The maximum atomic E-state index is 5.74. The molecule has 2 aromatic rings. The van der Waals surface area contributed by atoms with Crippen LogP contribution in [0.2, 0.25) is 0 Å². The first-order valence-corrected chi connectivity index (χ1v) is 7.71. The fourth-order valence-electron chi connectivity index (χ4n) is 1.80. The van der Waals surface area contributed by atoms with Gasteiger partial charge in [0.15, 0.2) is 0 Å². The van der Waals surface area contributed by atoms with Gasteiger partial charge >= 0.3 is 0 Å². The molecule has 1 saturated carbocycles. The van der Waals surface area contributed by atoms with Crippen molar-refractivity contribution in [3.05, 3.63) is 50.8 Å². The zero-order valence-electron chi connectivity index (χ0n) is 10.1. The molecular formula is C14H12Br2N2O. The highest BCUT2D eigenvalue weighted by atomic mass is 79.9. The highest BCUT2D eigenvalue weighted by Gasteiger charge is 2.27. The summed E-state index contributed by atoms with van der Waals surface area (Å²) in [5.74, 6) is 2.04. The Kier molecular flexibility index (Phi) is 3.84. The number of hydrogen-bond donors (Lipinski definition) is 0. The van der Waals surface area contributed by atoms with Crippen molar-refractivity contribution < 1.29 is 4.74 Å². The molecule has 0 unspecified atom stereocenters. The molecule has 1 aromatic carbocycles. The Hall–Kier alpha value is -0.940. The van der Waals surface area contributed by atoms with Crippen LogP contribution < -0.4 is 4.74 Å². The fraction of sp³-hybridized carbons (Fsp3) is 0.286. The number of ether oxygens (including phenoxy) is 1. The second kappa shape index (κ2) is 5.59. The van der Waals surface area contributed by atoms with Crippen LogP contribution in [-0.2, 0) is 6.61 Å². The first kappa shape index (κ1) is 13.1. The number of halogens is 2. The largest absolute Gasteiger partial charge is 0.473 e. The fourth-order valence-corrected chi connectivity index (χ4v) is 2.62. The van der Waals surface area contributed by atoms with E-state index in [1.807, 2.05) is 30.3 Å². The smallest absolute Gasteiger partial charge is 0.218 e. The molecule has 1 aliphatic carbocycles. The van der Waals surface area contributed by atoms with Crippen LogP contribution in [0.25, 0.3) is 0 Å². The second-order valence-electron chi connectivity index (χ2n) is 4.58. The van der Waals surface area contributed by atoms with Gasteiger partial charge in [-0.1, -0.05) is 28.1 Å². The summed E-state index contributed by atoms with van der Waals surface area (Å²) in [7, 11) is 0. The Morgan fingerprint density at radius 3 is 2.74 bits per heavy atom. The standard InChI is InChI=1S/C14H12Br2N2O/c15-11-3-1-2-9(6-11)8-19-13-7-12(16)17-14(18-13)10-4-5-10/h1-3,6-7,10H,4-5,8H2. The van der Waals surface area contributed by atoms with Crippen LogP contribution in [0.3, 0.4) is 0 Å². The zero-order chi connectivity index (χ0) is 13.2. The lowest BCUT2D eigenvalue weighted by Crippen LogP contribution is -2.01. The van der Waals surface area contributed by atoms with Crippen LogP contribution in [0.4, 0.5) is 0 Å². The highest BCUT2D eigenvalue weighted by molar-refractivity contribution is 9.10. The van der Waals surface area contributed by atoms with Gasteiger partial charge in [0.25, 0.3) is 0 Å². The summed E-state index contributed by atoms with van der Waals surface area (Å²) in [4.78, 5) is 8.84. The van der Waals surface area contributed by atoms with E-state index in [4.69, 9.17) is 4.74 Å². The van der Waals surface area contributed by atoms with Gasteiger partial charge in [0.2, 0.25) is 5.88 Å². The van der Waals surface area contributed by atoms with Gasteiger partial charge in [0.05, 0.1) is 0 Å². The Bertz CT molecular complexity index is 600. The quantitative estimate of drug-likeness (QED) is 0.731. The summed E-state index contributed by atoms with van der Waals surface area (Å²) < 4.78 is 7.58. The summed E-state index contributed by atoms with van der Waals surface area (Å²) in [5, 5.41) is 0. The summed E-state index contributed by atoms with van der Waals surface area (Å²) in [6, 6.07) is 9.87. The molecule has 0 atom stereocenters. The van der Waals surface area contributed by atoms with Crippen LogP contribution in [0.5, 0.6) is 5.88 Å². The number of nitrogens with zero attached hydrogens (tertiary/aromatic N) is 2. The molecule has 0 aliphatic heterocycles. The third-order valence-electron chi connectivity index (χ3n) is 2.91. The van der Waals surface area contributed by atoms with Gasteiger partial charge < -0.3 is 4.74 Å². The van der Waals surface area contributed by atoms with E-state index in [1.165, 1.54) is 12.8 Å². The molecule has 19 heavy (non-hydrogen) atoms. The average Bonchev–Trinajstić information content (AvgIpc) is 3.20. The molecule has 3 rings (SSSR count). The van der Waals surface area contributed by atoms with Crippen molar-refractivity contribution in [1.82, 2.24) is 9.97 Å². The van der Waals surface area contributed by atoms with Crippen molar-refractivity contribution >= 4 is 31.9 Å². The lowest BCUT2D eigenvalue weighted by molar-refractivity contribution is 0.291. The minimum atomic E-state index is 0.507. The number of aromatic nitrogens is 2. The zero-order valence-corrected chi connectivity index (χ0v) is 13.3. The Morgan fingerprint density at radius 2 is 2.00 bits per heavy atom. The maximum Gasteiger partial charge on any atom is 0.218 e. The van der Waals surface area contributed by atoms with Crippen molar-refractivity contribution in [2.45, 2.75) is 25.4 Å². The summed E-state index contributed by atoms with van der Waals surface area (Å²) in [6.45, 7) is 0.507. The van der Waals surface area contributed by atoms with Crippen molar-refractivity contribution in [2.75, 3.05) is 0 Å². The predicted octanol–water partition coefficient (Wildman–Crippen LogP) is 4.46.